The second-order valence-electron chi connectivity index (χ2n) is 4.00. The summed E-state index contributed by atoms with van der Waals surface area (Å²) in [4.78, 5) is 0. The van der Waals surface area contributed by atoms with Gasteiger partial charge in [0.05, 0.1) is 5.25 Å². The van der Waals surface area contributed by atoms with Crippen LogP contribution in [0.1, 0.15) is 18.5 Å². The van der Waals surface area contributed by atoms with Gasteiger partial charge in [-0.05, 0) is 31.7 Å². The van der Waals surface area contributed by atoms with Crippen LogP contribution in [0.4, 0.5) is 8.78 Å². The molecule has 0 saturated carbocycles. The van der Waals surface area contributed by atoms with Crippen LogP contribution in [0.15, 0.2) is 18.2 Å². The molecule has 1 rings (SSSR count). The number of nitrogens with one attached hydrogen (secondary N) is 1. The van der Waals surface area contributed by atoms with Gasteiger partial charge < -0.3 is 5.32 Å². The molecule has 1 N–H and O–H groups in total. The standard InChI is InChI=1S/C11H15F2NO2S/c1-7(17(3,15)16)11(14-2)8-4-9(12)6-10(13)5-8/h4-7,11,14H,1-3H3. The summed E-state index contributed by atoms with van der Waals surface area (Å²) >= 11 is 0. The Morgan fingerprint density at radius 3 is 2.00 bits per heavy atom. The lowest BCUT2D eigenvalue weighted by Gasteiger charge is -2.22. The van der Waals surface area contributed by atoms with Crippen molar-refractivity contribution >= 4 is 9.84 Å². The molecular formula is C11H15F2NO2S. The second kappa shape index (κ2) is 5.10. The van der Waals surface area contributed by atoms with Crippen molar-refractivity contribution in [2.45, 2.75) is 18.2 Å². The number of halogens is 2. The first-order chi connectivity index (χ1) is 7.75. The molecule has 0 radical (unpaired) electrons. The highest BCUT2D eigenvalue weighted by Crippen LogP contribution is 2.23. The Balaban J connectivity index is 3.18. The maximum atomic E-state index is 13.1. The molecule has 0 aliphatic carbocycles. The molecule has 0 aliphatic heterocycles. The van der Waals surface area contributed by atoms with Crippen LogP contribution in [0.2, 0.25) is 0 Å². The largest absolute Gasteiger partial charge is 0.312 e. The van der Waals surface area contributed by atoms with Crippen LogP contribution < -0.4 is 5.32 Å². The smallest absolute Gasteiger partial charge is 0.151 e. The van der Waals surface area contributed by atoms with E-state index in [-0.39, 0.29) is 5.56 Å². The summed E-state index contributed by atoms with van der Waals surface area (Å²) in [5, 5.41) is 2.00. The first-order valence-electron chi connectivity index (χ1n) is 5.08. The molecule has 3 nitrogen and oxygen atoms in total. The predicted octanol–water partition coefficient (Wildman–Crippen LogP) is 1.66. The fourth-order valence-electron chi connectivity index (χ4n) is 1.67. The fourth-order valence-corrected chi connectivity index (χ4v) is 2.46. The van der Waals surface area contributed by atoms with Gasteiger partial charge in [-0.1, -0.05) is 0 Å². The fraction of sp³-hybridized carbons (Fsp3) is 0.455. The van der Waals surface area contributed by atoms with Crippen molar-refractivity contribution in [1.82, 2.24) is 5.32 Å². The van der Waals surface area contributed by atoms with Crippen LogP contribution in [0, 0.1) is 11.6 Å². The molecule has 2 unspecified atom stereocenters. The van der Waals surface area contributed by atoms with E-state index in [1.165, 1.54) is 6.92 Å². The number of hydrogen-bond acceptors (Lipinski definition) is 3. The molecular weight excluding hydrogens is 248 g/mol. The van der Waals surface area contributed by atoms with E-state index in [0.29, 0.717) is 0 Å². The minimum Gasteiger partial charge on any atom is -0.312 e. The quantitative estimate of drug-likeness (QED) is 0.898. The third-order valence-corrected chi connectivity index (χ3v) is 4.32. The van der Waals surface area contributed by atoms with E-state index in [9.17, 15) is 17.2 Å². The number of benzene rings is 1. The van der Waals surface area contributed by atoms with E-state index in [1.807, 2.05) is 0 Å². The molecule has 0 bridgehead atoms. The van der Waals surface area contributed by atoms with Gasteiger partial charge in [0.15, 0.2) is 9.84 Å². The van der Waals surface area contributed by atoms with E-state index < -0.39 is 32.8 Å². The van der Waals surface area contributed by atoms with Crippen molar-refractivity contribution in [3.63, 3.8) is 0 Å². The Labute approximate surface area is 99.8 Å². The molecule has 96 valence electrons. The lowest BCUT2D eigenvalue weighted by Crippen LogP contribution is -2.33. The van der Waals surface area contributed by atoms with Crippen LogP contribution >= 0.6 is 0 Å². The van der Waals surface area contributed by atoms with Gasteiger partial charge in [-0.25, -0.2) is 17.2 Å². The zero-order valence-electron chi connectivity index (χ0n) is 9.87. The second-order valence-corrected chi connectivity index (χ2v) is 6.41. The van der Waals surface area contributed by atoms with Gasteiger partial charge in [-0.3, -0.25) is 0 Å². The molecule has 2 atom stereocenters. The van der Waals surface area contributed by atoms with E-state index in [4.69, 9.17) is 0 Å². The van der Waals surface area contributed by atoms with E-state index in [1.54, 1.807) is 7.05 Å². The average molecular weight is 263 g/mol. The number of rotatable bonds is 4. The Morgan fingerprint density at radius 1 is 1.18 bits per heavy atom. The van der Waals surface area contributed by atoms with E-state index in [2.05, 4.69) is 5.32 Å². The van der Waals surface area contributed by atoms with Gasteiger partial charge in [0.2, 0.25) is 0 Å². The Kier molecular flexibility index (Phi) is 4.21. The third kappa shape index (κ3) is 3.47. The van der Waals surface area contributed by atoms with Crippen molar-refractivity contribution in [3.05, 3.63) is 35.4 Å². The Hall–Kier alpha value is -1.01. The highest BCUT2D eigenvalue weighted by Gasteiger charge is 2.26. The molecule has 17 heavy (non-hydrogen) atoms. The van der Waals surface area contributed by atoms with Crippen LogP contribution in [0.25, 0.3) is 0 Å². The Morgan fingerprint density at radius 2 is 1.65 bits per heavy atom. The number of hydrogen-bond donors (Lipinski definition) is 1. The third-order valence-electron chi connectivity index (χ3n) is 2.70. The first kappa shape index (κ1) is 14.1. The van der Waals surface area contributed by atoms with E-state index >= 15 is 0 Å². The molecule has 0 fully saturated rings. The molecule has 0 spiro atoms. The first-order valence-corrected chi connectivity index (χ1v) is 7.03. The maximum Gasteiger partial charge on any atom is 0.151 e. The lowest BCUT2D eigenvalue weighted by molar-refractivity contribution is 0.523. The van der Waals surface area contributed by atoms with Crippen molar-refractivity contribution < 1.29 is 17.2 Å². The van der Waals surface area contributed by atoms with Crippen molar-refractivity contribution in [3.8, 4) is 0 Å². The topological polar surface area (TPSA) is 46.2 Å². The van der Waals surface area contributed by atoms with Gasteiger partial charge in [-0.15, -0.1) is 0 Å². The molecule has 1 aromatic rings. The molecule has 1 aromatic carbocycles. The zero-order chi connectivity index (χ0) is 13.2. The highest BCUT2D eigenvalue weighted by atomic mass is 32.2. The molecule has 0 aromatic heterocycles. The summed E-state index contributed by atoms with van der Waals surface area (Å²) in [6.45, 7) is 1.50. The predicted molar refractivity (Wildman–Crippen MR) is 62.5 cm³/mol. The summed E-state index contributed by atoms with van der Waals surface area (Å²) in [6.07, 6.45) is 1.09. The van der Waals surface area contributed by atoms with Crippen LogP contribution in [0.3, 0.4) is 0 Å². The minimum atomic E-state index is -3.30. The maximum absolute atomic E-state index is 13.1. The summed E-state index contributed by atoms with van der Waals surface area (Å²) in [5.74, 6) is -1.44. The minimum absolute atomic E-state index is 0.280. The molecule has 6 heteroatoms. The molecule has 0 aliphatic rings. The summed E-state index contributed by atoms with van der Waals surface area (Å²) in [5.41, 5.74) is 0.280. The normalized spacial score (nSPS) is 15.6. The lowest BCUT2D eigenvalue weighted by atomic mass is 10.0. The monoisotopic (exact) mass is 263 g/mol. The summed E-state index contributed by atoms with van der Waals surface area (Å²) < 4.78 is 49.0. The van der Waals surface area contributed by atoms with Gasteiger partial charge >= 0.3 is 0 Å². The molecule has 0 amide bonds. The van der Waals surface area contributed by atoms with Crippen LogP contribution in [0.5, 0.6) is 0 Å². The van der Waals surface area contributed by atoms with Gasteiger partial charge in [0.25, 0.3) is 0 Å². The highest BCUT2D eigenvalue weighted by molar-refractivity contribution is 7.91. The SMILES string of the molecule is CNC(c1cc(F)cc(F)c1)C(C)S(C)(=O)=O. The van der Waals surface area contributed by atoms with Crippen molar-refractivity contribution in [1.29, 1.82) is 0 Å². The summed E-state index contributed by atoms with van der Waals surface area (Å²) in [7, 11) is -1.74. The zero-order valence-corrected chi connectivity index (χ0v) is 10.7. The molecule has 0 saturated heterocycles. The van der Waals surface area contributed by atoms with Crippen LogP contribution in [-0.2, 0) is 9.84 Å². The van der Waals surface area contributed by atoms with Gasteiger partial charge in [0, 0.05) is 18.4 Å². The van der Waals surface area contributed by atoms with Crippen molar-refractivity contribution in [2.24, 2.45) is 0 Å². The van der Waals surface area contributed by atoms with E-state index in [0.717, 1.165) is 24.5 Å². The van der Waals surface area contributed by atoms with Crippen molar-refractivity contribution in [2.75, 3.05) is 13.3 Å². The number of sulfone groups is 1. The molecule has 0 heterocycles. The average Bonchev–Trinajstić information content (AvgIpc) is 2.15. The Bertz CT molecular complexity index is 482. The van der Waals surface area contributed by atoms with Gasteiger partial charge in [-0.2, -0.15) is 0 Å². The summed E-state index contributed by atoms with van der Waals surface area (Å²) in [6, 6.07) is 2.37. The van der Waals surface area contributed by atoms with Gasteiger partial charge in [0.1, 0.15) is 11.6 Å². The van der Waals surface area contributed by atoms with Crippen LogP contribution in [-0.4, -0.2) is 27.0 Å².